The van der Waals surface area contributed by atoms with E-state index in [2.05, 4.69) is 11.2 Å². The molecule has 1 saturated heterocycles. The molecule has 3 rings (SSSR count). The Morgan fingerprint density at radius 3 is 2.68 bits per heavy atom. The van der Waals surface area contributed by atoms with E-state index in [0.29, 0.717) is 49.9 Å². The van der Waals surface area contributed by atoms with Gasteiger partial charge in [-0.3, -0.25) is 0 Å². The lowest BCUT2D eigenvalue weighted by Crippen LogP contribution is -2.51. The van der Waals surface area contributed by atoms with Crippen LogP contribution in [0.1, 0.15) is 11.1 Å². The molecule has 0 aliphatic carbocycles. The molecule has 7 nitrogen and oxygen atoms in total. The Hall–Kier alpha value is -3.91. The first-order chi connectivity index (χ1) is 15.1. The third-order valence-corrected chi connectivity index (χ3v) is 4.99. The summed E-state index contributed by atoms with van der Waals surface area (Å²) < 4.78 is 24.6. The van der Waals surface area contributed by atoms with Crippen LogP contribution in [0.2, 0.25) is 0 Å². The fourth-order valence-corrected chi connectivity index (χ4v) is 3.39. The number of ether oxygens (including phenoxy) is 2. The van der Waals surface area contributed by atoms with E-state index in [1.807, 2.05) is 17.0 Å². The zero-order chi connectivity index (χ0) is 22.2. The molecule has 1 N–H and O–H groups in total. The average Bonchev–Trinajstić information content (AvgIpc) is 2.81. The van der Waals surface area contributed by atoms with Crippen molar-refractivity contribution in [1.82, 2.24) is 10.2 Å². The Morgan fingerprint density at radius 2 is 2.00 bits per heavy atom. The maximum Gasteiger partial charge on any atom is 0.317 e. The van der Waals surface area contributed by atoms with Crippen LogP contribution in [-0.4, -0.2) is 50.8 Å². The van der Waals surface area contributed by atoms with Crippen molar-refractivity contribution in [3.8, 4) is 29.9 Å². The molecule has 0 radical (unpaired) electrons. The summed E-state index contributed by atoms with van der Waals surface area (Å²) >= 11 is 0. The Balaban J connectivity index is 1.56. The number of nitriles is 1. The van der Waals surface area contributed by atoms with Crippen molar-refractivity contribution in [1.29, 1.82) is 5.26 Å². The summed E-state index contributed by atoms with van der Waals surface area (Å²) in [5.41, 5.74) is 1.43. The maximum absolute atomic E-state index is 13.9. The van der Waals surface area contributed by atoms with Gasteiger partial charge in [0.1, 0.15) is 24.1 Å². The predicted molar refractivity (Wildman–Crippen MR) is 114 cm³/mol. The van der Waals surface area contributed by atoms with Crippen LogP contribution in [0.15, 0.2) is 36.4 Å². The topological polar surface area (TPSA) is 77.8 Å². The smallest absolute Gasteiger partial charge is 0.317 e. The number of methoxy groups -OCH3 is 1. The highest BCUT2D eigenvalue weighted by molar-refractivity contribution is 5.74. The standard InChI is InChI=1S/C23H23FN4O3/c1-3-13-31-22-14-17(7-8-21(22)30-2)16-26-23(29)28-11-9-27(10-12-28)20-6-4-5-19(24)18(20)15-25/h1,4-8,14H,9-13,16H2,2H3,(H,26,29). The van der Waals surface area contributed by atoms with Gasteiger partial charge in [-0.25, -0.2) is 9.18 Å². The number of carbonyl (C=O) groups is 1. The first-order valence-electron chi connectivity index (χ1n) is 9.77. The number of benzene rings is 2. The summed E-state index contributed by atoms with van der Waals surface area (Å²) in [6.45, 7) is 2.39. The normalized spacial score (nSPS) is 13.2. The Labute approximate surface area is 181 Å². The molecule has 2 amide bonds. The molecular formula is C23H23FN4O3. The number of halogens is 1. The van der Waals surface area contributed by atoms with Crippen LogP contribution < -0.4 is 19.7 Å². The lowest BCUT2D eigenvalue weighted by atomic mass is 10.1. The number of anilines is 1. The number of urea groups is 1. The van der Waals surface area contributed by atoms with Crippen LogP contribution in [0.4, 0.5) is 14.9 Å². The number of nitrogens with one attached hydrogen (secondary N) is 1. The van der Waals surface area contributed by atoms with Crippen molar-refractivity contribution in [3.05, 3.63) is 53.3 Å². The number of piperazine rings is 1. The summed E-state index contributed by atoms with van der Waals surface area (Å²) in [5.74, 6) is 2.96. The Morgan fingerprint density at radius 1 is 1.23 bits per heavy atom. The number of hydrogen-bond donors (Lipinski definition) is 1. The van der Waals surface area contributed by atoms with Gasteiger partial charge in [-0.05, 0) is 29.8 Å². The van der Waals surface area contributed by atoms with Crippen LogP contribution in [0.25, 0.3) is 0 Å². The van der Waals surface area contributed by atoms with Gasteiger partial charge in [-0.2, -0.15) is 5.26 Å². The van der Waals surface area contributed by atoms with Crippen molar-refractivity contribution >= 4 is 11.7 Å². The molecule has 8 heteroatoms. The minimum absolute atomic E-state index is 0.0303. The zero-order valence-corrected chi connectivity index (χ0v) is 17.2. The predicted octanol–water partition coefficient (Wildman–Crippen LogP) is 2.75. The molecule has 0 unspecified atom stereocenters. The van der Waals surface area contributed by atoms with E-state index in [1.54, 1.807) is 36.3 Å². The third-order valence-electron chi connectivity index (χ3n) is 4.99. The van der Waals surface area contributed by atoms with Gasteiger partial charge in [0, 0.05) is 32.7 Å². The zero-order valence-electron chi connectivity index (χ0n) is 17.2. The number of rotatable bonds is 6. The van der Waals surface area contributed by atoms with Gasteiger partial charge >= 0.3 is 6.03 Å². The summed E-state index contributed by atoms with van der Waals surface area (Å²) in [6.07, 6.45) is 5.24. The van der Waals surface area contributed by atoms with E-state index >= 15 is 0 Å². The molecule has 1 aliphatic heterocycles. The number of terminal acetylenes is 1. The number of nitrogens with zero attached hydrogens (tertiary/aromatic N) is 3. The van der Waals surface area contributed by atoms with Crippen molar-refractivity contribution in [3.63, 3.8) is 0 Å². The summed E-state index contributed by atoms with van der Waals surface area (Å²) in [7, 11) is 1.54. The van der Waals surface area contributed by atoms with Gasteiger partial charge in [0.15, 0.2) is 11.5 Å². The highest BCUT2D eigenvalue weighted by Crippen LogP contribution is 2.28. The van der Waals surface area contributed by atoms with E-state index in [4.69, 9.17) is 15.9 Å². The van der Waals surface area contributed by atoms with Crippen LogP contribution in [0.3, 0.4) is 0 Å². The molecule has 160 valence electrons. The second-order valence-electron chi connectivity index (χ2n) is 6.86. The monoisotopic (exact) mass is 422 g/mol. The van der Waals surface area contributed by atoms with Crippen molar-refractivity contribution in [2.45, 2.75) is 6.54 Å². The van der Waals surface area contributed by atoms with Crippen LogP contribution in [-0.2, 0) is 6.54 Å². The number of amides is 2. The first kappa shape index (κ1) is 21.8. The molecule has 0 atom stereocenters. The molecular weight excluding hydrogens is 399 g/mol. The Bertz CT molecular complexity index is 1020. The maximum atomic E-state index is 13.9. The lowest BCUT2D eigenvalue weighted by molar-refractivity contribution is 0.194. The van der Waals surface area contributed by atoms with Gasteiger partial charge in [0.05, 0.1) is 12.8 Å². The minimum Gasteiger partial charge on any atom is -0.493 e. The van der Waals surface area contributed by atoms with Crippen molar-refractivity contribution < 1.29 is 18.7 Å². The average molecular weight is 422 g/mol. The van der Waals surface area contributed by atoms with Crippen LogP contribution >= 0.6 is 0 Å². The highest BCUT2D eigenvalue weighted by atomic mass is 19.1. The highest BCUT2D eigenvalue weighted by Gasteiger charge is 2.23. The number of carbonyl (C=O) groups excluding carboxylic acids is 1. The lowest BCUT2D eigenvalue weighted by Gasteiger charge is -2.36. The molecule has 0 bridgehead atoms. The fraction of sp³-hybridized carbons (Fsp3) is 0.304. The van der Waals surface area contributed by atoms with Gasteiger partial charge in [0.25, 0.3) is 0 Å². The van der Waals surface area contributed by atoms with Gasteiger partial charge in [-0.1, -0.05) is 18.1 Å². The Kier molecular flexibility index (Phi) is 7.18. The summed E-state index contributed by atoms with van der Waals surface area (Å²) in [5, 5.41) is 12.1. The van der Waals surface area contributed by atoms with E-state index in [9.17, 15) is 14.4 Å². The molecule has 2 aromatic carbocycles. The van der Waals surface area contributed by atoms with E-state index in [-0.39, 0.29) is 18.2 Å². The van der Waals surface area contributed by atoms with Crippen molar-refractivity contribution in [2.24, 2.45) is 0 Å². The van der Waals surface area contributed by atoms with Gasteiger partial charge in [-0.15, -0.1) is 6.42 Å². The van der Waals surface area contributed by atoms with Gasteiger partial charge < -0.3 is 24.6 Å². The van der Waals surface area contributed by atoms with E-state index in [0.717, 1.165) is 5.56 Å². The summed E-state index contributed by atoms with van der Waals surface area (Å²) in [6, 6.07) is 11.7. The SMILES string of the molecule is C#CCOc1cc(CNC(=O)N2CCN(c3cccc(F)c3C#N)CC2)ccc1OC. The molecule has 1 heterocycles. The molecule has 1 fully saturated rings. The molecule has 1 aliphatic rings. The molecule has 0 saturated carbocycles. The second-order valence-corrected chi connectivity index (χ2v) is 6.86. The quantitative estimate of drug-likeness (QED) is 0.725. The molecule has 2 aromatic rings. The second kappa shape index (κ2) is 10.2. The van der Waals surface area contributed by atoms with Crippen LogP contribution in [0.5, 0.6) is 11.5 Å². The fourth-order valence-electron chi connectivity index (χ4n) is 3.39. The molecule has 31 heavy (non-hydrogen) atoms. The third kappa shape index (κ3) is 5.18. The van der Waals surface area contributed by atoms with Crippen LogP contribution in [0, 0.1) is 29.5 Å². The molecule has 0 aromatic heterocycles. The molecule has 0 spiro atoms. The van der Waals surface area contributed by atoms with E-state index < -0.39 is 5.82 Å². The van der Waals surface area contributed by atoms with E-state index in [1.165, 1.54) is 6.07 Å². The largest absolute Gasteiger partial charge is 0.493 e. The first-order valence-corrected chi connectivity index (χ1v) is 9.77. The van der Waals surface area contributed by atoms with Gasteiger partial charge in [0.2, 0.25) is 0 Å². The summed E-state index contributed by atoms with van der Waals surface area (Å²) in [4.78, 5) is 16.2. The number of hydrogen-bond acceptors (Lipinski definition) is 5. The minimum atomic E-state index is -0.537. The van der Waals surface area contributed by atoms with Crippen molar-refractivity contribution in [2.75, 3.05) is 44.8 Å².